The predicted molar refractivity (Wildman–Crippen MR) is 49.1 cm³/mol. The van der Waals surface area contributed by atoms with Crippen LogP contribution in [0.1, 0.15) is 0 Å². The number of nitrogens with zero attached hydrogens (tertiary/aromatic N) is 1. The van der Waals surface area contributed by atoms with E-state index in [1.165, 1.54) is 4.90 Å². The van der Waals surface area contributed by atoms with Crippen molar-refractivity contribution in [2.75, 3.05) is 12.4 Å². The van der Waals surface area contributed by atoms with E-state index < -0.39 is 6.04 Å². The van der Waals surface area contributed by atoms with Crippen LogP contribution >= 0.6 is 11.8 Å². The standard InChI is InChI=1S/C8H8N2O3S/c9-4-6(11)10-5-3(1-13-8(5)12)2-14-7(4)10/h4,7H,1-2,9H2/t4?,7-/m1/s1. The summed E-state index contributed by atoms with van der Waals surface area (Å²) < 4.78 is 4.88. The minimum atomic E-state index is -0.456. The molecule has 6 heteroatoms. The third-order valence-electron chi connectivity index (χ3n) is 2.66. The van der Waals surface area contributed by atoms with Crippen molar-refractivity contribution < 1.29 is 14.3 Å². The van der Waals surface area contributed by atoms with Crippen LogP contribution in [-0.4, -0.2) is 40.6 Å². The Hall–Kier alpha value is -1.01. The van der Waals surface area contributed by atoms with Gasteiger partial charge in [-0.15, -0.1) is 11.8 Å². The Morgan fingerprint density at radius 3 is 3.07 bits per heavy atom. The normalized spacial score (nSPS) is 35.1. The van der Waals surface area contributed by atoms with E-state index in [9.17, 15) is 9.59 Å². The number of β-lactam (4-membered cyclic amide) rings is 1. The van der Waals surface area contributed by atoms with Gasteiger partial charge in [-0.1, -0.05) is 0 Å². The molecule has 0 aromatic heterocycles. The molecule has 14 heavy (non-hydrogen) atoms. The Morgan fingerprint density at radius 2 is 2.29 bits per heavy atom. The highest BCUT2D eigenvalue weighted by atomic mass is 32.2. The molecule has 3 heterocycles. The summed E-state index contributed by atoms with van der Waals surface area (Å²) in [6.07, 6.45) is 0. The number of thioether (sulfide) groups is 1. The molecule has 1 amide bonds. The van der Waals surface area contributed by atoms with Crippen molar-refractivity contribution in [3.63, 3.8) is 0 Å². The van der Waals surface area contributed by atoms with Crippen LogP contribution in [-0.2, 0) is 14.3 Å². The third kappa shape index (κ3) is 0.802. The van der Waals surface area contributed by atoms with Crippen LogP contribution in [0.3, 0.4) is 0 Å². The summed E-state index contributed by atoms with van der Waals surface area (Å²) in [7, 11) is 0. The molecule has 1 saturated heterocycles. The molecule has 2 atom stereocenters. The van der Waals surface area contributed by atoms with E-state index in [-0.39, 0.29) is 17.3 Å². The summed E-state index contributed by atoms with van der Waals surface area (Å²) in [4.78, 5) is 24.2. The zero-order valence-electron chi connectivity index (χ0n) is 7.23. The highest BCUT2D eigenvalue weighted by Gasteiger charge is 2.53. The Bertz CT molecular complexity index is 379. The van der Waals surface area contributed by atoms with Gasteiger partial charge in [0.15, 0.2) is 0 Å². The summed E-state index contributed by atoms with van der Waals surface area (Å²) in [6.45, 7) is 0.326. The number of nitrogens with two attached hydrogens (primary N) is 1. The molecule has 0 aliphatic carbocycles. The number of hydrogen-bond acceptors (Lipinski definition) is 5. The zero-order chi connectivity index (χ0) is 9.87. The minimum Gasteiger partial charge on any atom is -0.456 e. The Kier molecular flexibility index (Phi) is 1.49. The molecular weight excluding hydrogens is 204 g/mol. The van der Waals surface area contributed by atoms with Gasteiger partial charge in [0.2, 0.25) is 5.91 Å². The maximum absolute atomic E-state index is 11.4. The number of fused-ring (bicyclic) bond motifs is 2. The second-order valence-corrected chi connectivity index (χ2v) is 4.57. The van der Waals surface area contributed by atoms with Crippen molar-refractivity contribution in [3.05, 3.63) is 11.3 Å². The summed E-state index contributed by atoms with van der Waals surface area (Å²) in [6, 6.07) is -0.456. The molecule has 0 bridgehead atoms. The molecule has 3 rings (SSSR count). The number of carbonyl (C=O) groups is 2. The van der Waals surface area contributed by atoms with Crippen molar-refractivity contribution >= 4 is 23.6 Å². The van der Waals surface area contributed by atoms with Gasteiger partial charge in [0, 0.05) is 11.3 Å². The van der Waals surface area contributed by atoms with Gasteiger partial charge in [-0.2, -0.15) is 0 Å². The van der Waals surface area contributed by atoms with Crippen LogP contribution in [0.25, 0.3) is 0 Å². The molecule has 0 aromatic rings. The second kappa shape index (κ2) is 2.52. The highest BCUT2D eigenvalue weighted by molar-refractivity contribution is 8.00. The predicted octanol–water partition coefficient (Wildman–Crippen LogP) is -0.960. The van der Waals surface area contributed by atoms with Gasteiger partial charge in [0.05, 0.1) is 0 Å². The van der Waals surface area contributed by atoms with E-state index in [2.05, 4.69) is 0 Å². The maximum Gasteiger partial charge on any atom is 0.355 e. The largest absolute Gasteiger partial charge is 0.456 e. The molecule has 3 aliphatic rings. The number of amides is 1. The molecule has 0 aromatic carbocycles. The number of hydrogen-bond donors (Lipinski definition) is 1. The molecule has 74 valence electrons. The van der Waals surface area contributed by atoms with Gasteiger partial charge in [-0.05, 0) is 0 Å². The molecule has 0 radical (unpaired) electrons. The molecular formula is C8H8N2O3S. The van der Waals surface area contributed by atoms with Crippen LogP contribution in [0, 0.1) is 0 Å². The first kappa shape index (κ1) is 8.31. The van der Waals surface area contributed by atoms with Crippen molar-refractivity contribution in [1.29, 1.82) is 0 Å². The lowest BCUT2D eigenvalue weighted by Crippen LogP contribution is -2.68. The lowest BCUT2D eigenvalue weighted by molar-refractivity contribution is -0.148. The quantitative estimate of drug-likeness (QED) is 0.413. The van der Waals surface area contributed by atoms with Gasteiger partial charge in [-0.3, -0.25) is 9.69 Å². The van der Waals surface area contributed by atoms with E-state index in [0.717, 1.165) is 11.3 Å². The van der Waals surface area contributed by atoms with Crippen LogP contribution in [0.4, 0.5) is 0 Å². The SMILES string of the molecule is NC1C(=O)N2C3=C(COC3=O)CS[C@H]12. The van der Waals surface area contributed by atoms with Gasteiger partial charge in [-0.25, -0.2) is 4.79 Å². The highest BCUT2D eigenvalue weighted by Crippen LogP contribution is 2.41. The van der Waals surface area contributed by atoms with Gasteiger partial charge in [0.1, 0.15) is 23.7 Å². The first-order valence-corrected chi connectivity index (χ1v) is 5.34. The summed E-state index contributed by atoms with van der Waals surface area (Å²) in [5, 5.41) is -0.0631. The average Bonchev–Trinajstić information content (AvgIpc) is 2.57. The second-order valence-electron chi connectivity index (χ2n) is 3.46. The third-order valence-corrected chi connectivity index (χ3v) is 4.02. The molecule has 2 N–H and O–H groups in total. The fraction of sp³-hybridized carbons (Fsp3) is 0.500. The summed E-state index contributed by atoms with van der Waals surface area (Å²) >= 11 is 1.59. The molecule has 1 unspecified atom stereocenters. The van der Waals surface area contributed by atoms with Crippen molar-refractivity contribution in [3.8, 4) is 0 Å². The summed E-state index contributed by atoms with van der Waals surface area (Å²) in [5.74, 6) is 0.183. The Morgan fingerprint density at radius 1 is 1.50 bits per heavy atom. The van der Waals surface area contributed by atoms with E-state index in [0.29, 0.717) is 12.3 Å². The van der Waals surface area contributed by atoms with Gasteiger partial charge >= 0.3 is 5.97 Å². The van der Waals surface area contributed by atoms with Crippen LogP contribution < -0.4 is 5.73 Å². The average molecular weight is 212 g/mol. The minimum absolute atomic E-state index is 0.0631. The fourth-order valence-electron chi connectivity index (χ4n) is 1.90. The topological polar surface area (TPSA) is 72.6 Å². The first-order valence-electron chi connectivity index (χ1n) is 4.29. The monoisotopic (exact) mass is 212 g/mol. The summed E-state index contributed by atoms with van der Waals surface area (Å²) in [5.41, 5.74) is 6.98. The van der Waals surface area contributed by atoms with Crippen LogP contribution in [0.15, 0.2) is 11.3 Å². The lowest BCUT2D eigenvalue weighted by Gasteiger charge is -2.46. The van der Waals surface area contributed by atoms with Gasteiger partial charge in [0.25, 0.3) is 0 Å². The fourth-order valence-corrected chi connectivity index (χ4v) is 3.17. The number of carbonyl (C=O) groups excluding carboxylic acids is 2. The first-order chi connectivity index (χ1) is 6.70. The number of ether oxygens (including phenoxy) is 1. The van der Waals surface area contributed by atoms with E-state index in [4.69, 9.17) is 10.5 Å². The molecule has 1 fully saturated rings. The zero-order valence-corrected chi connectivity index (χ0v) is 8.04. The van der Waals surface area contributed by atoms with Crippen molar-refractivity contribution in [2.45, 2.75) is 11.4 Å². The van der Waals surface area contributed by atoms with Crippen LogP contribution in [0.5, 0.6) is 0 Å². The van der Waals surface area contributed by atoms with E-state index in [1.807, 2.05) is 0 Å². The molecule has 5 nitrogen and oxygen atoms in total. The molecule has 3 aliphatic heterocycles. The van der Waals surface area contributed by atoms with E-state index >= 15 is 0 Å². The van der Waals surface area contributed by atoms with Gasteiger partial charge < -0.3 is 10.5 Å². The van der Waals surface area contributed by atoms with Crippen LogP contribution in [0.2, 0.25) is 0 Å². The Balaban J connectivity index is 2.02. The molecule has 0 saturated carbocycles. The van der Waals surface area contributed by atoms with Crippen molar-refractivity contribution in [1.82, 2.24) is 4.90 Å². The smallest absolute Gasteiger partial charge is 0.355 e. The number of cyclic esters (lactones) is 1. The van der Waals surface area contributed by atoms with E-state index in [1.54, 1.807) is 11.8 Å². The maximum atomic E-state index is 11.4. The molecule has 0 spiro atoms. The number of rotatable bonds is 0. The Labute approximate surface area is 84.2 Å². The van der Waals surface area contributed by atoms with Crippen molar-refractivity contribution in [2.24, 2.45) is 5.73 Å². The lowest BCUT2D eigenvalue weighted by atomic mass is 10.1. The number of esters is 1.